The standard InChI is InChI=1S/C10H10Cl2N2S2/c1-5-6(2-3-15-5)9(14-13)7-4-8(11)16-10(7)12/h2-4,9,14H,13H2,1H3. The van der Waals surface area contributed by atoms with Crippen molar-refractivity contribution in [3.05, 3.63) is 42.2 Å². The van der Waals surface area contributed by atoms with E-state index in [4.69, 9.17) is 29.0 Å². The van der Waals surface area contributed by atoms with Crippen LogP contribution < -0.4 is 11.3 Å². The van der Waals surface area contributed by atoms with Gasteiger partial charge in [-0.1, -0.05) is 23.2 Å². The van der Waals surface area contributed by atoms with Gasteiger partial charge in [-0.2, -0.15) is 0 Å². The highest BCUT2D eigenvalue weighted by molar-refractivity contribution is 7.20. The number of nitrogens with one attached hydrogen (secondary N) is 1. The molecule has 0 spiro atoms. The largest absolute Gasteiger partial charge is 0.271 e. The molecule has 0 saturated carbocycles. The van der Waals surface area contributed by atoms with Crippen LogP contribution in [0.15, 0.2) is 17.5 Å². The highest BCUT2D eigenvalue weighted by Gasteiger charge is 2.20. The van der Waals surface area contributed by atoms with Crippen LogP contribution in [0.25, 0.3) is 0 Å². The van der Waals surface area contributed by atoms with Gasteiger partial charge in [-0.3, -0.25) is 5.84 Å². The van der Waals surface area contributed by atoms with Gasteiger partial charge >= 0.3 is 0 Å². The summed E-state index contributed by atoms with van der Waals surface area (Å²) in [5, 5.41) is 2.04. The highest BCUT2D eigenvalue weighted by Crippen LogP contribution is 2.38. The van der Waals surface area contributed by atoms with E-state index in [-0.39, 0.29) is 6.04 Å². The summed E-state index contributed by atoms with van der Waals surface area (Å²) in [5.41, 5.74) is 4.86. The molecule has 0 aliphatic rings. The van der Waals surface area contributed by atoms with Crippen LogP contribution in [0.3, 0.4) is 0 Å². The minimum Gasteiger partial charge on any atom is -0.271 e. The lowest BCUT2D eigenvalue weighted by Crippen LogP contribution is -2.28. The molecule has 86 valence electrons. The molecular formula is C10H10Cl2N2S2. The Morgan fingerprint density at radius 3 is 2.56 bits per heavy atom. The number of hydrogen-bond acceptors (Lipinski definition) is 4. The number of thiophene rings is 2. The Morgan fingerprint density at radius 2 is 2.12 bits per heavy atom. The summed E-state index contributed by atoms with van der Waals surface area (Å²) in [6.45, 7) is 2.06. The zero-order chi connectivity index (χ0) is 11.7. The molecular weight excluding hydrogens is 283 g/mol. The fourth-order valence-electron chi connectivity index (χ4n) is 1.59. The van der Waals surface area contributed by atoms with Gasteiger partial charge in [0.15, 0.2) is 0 Å². The van der Waals surface area contributed by atoms with E-state index in [0.717, 1.165) is 11.1 Å². The van der Waals surface area contributed by atoms with Gasteiger partial charge in [0.25, 0.3) is 0 Å². The SMILES string of the molecule is Cc1sccc1C(NN)c1cc(Cl)sc1Cl. The van der Waals surface area contributed by atoms with Gasteiger partial charge in [0, 0.05) is 10.4 Å². The summed E-state index contributed by atoms with van der Waals surface area (Å²) in [7, 11) is 0. The van der Waals surface area contributed by atoms with Gasteiger partial charge < -0.3 is 0 Å². The van der Waals surface area contributed by atoms with Crippen molar-refractivity contribution in [3.63, 3.8) is 0 Å². The molecule has 2 aromatic heterocycles. The van der Waals surface area contributed by atoms with E-state index in [1.807, 2.05) is 17.5 Å². The van der Waals surface area contributed by atoms with Gasteiger partial charge in [-0.05, 0) is 30.0 Å². The van der Waals surface area contributed by atoms with Gasteiger partial charge in [-0.25, -0.2) is 5.43 Å². The van der Waals surface area contributed by atoms with Crippen LogP contribution in [0.1, 0.15) is 22.0 Å². The third-order valence-electron chi connectivity index (χ3n) is 2.37. The van der Waals surface area contributed by atoms with E-state index in [0.29, 0.717) is 8.67 Å². The smallest absolute Gasteiger partial charge is 0.0995 e. The van der Waals surface area contributed by atoms with Gasteiger partial charge in [0.2, 0.25) is 0 Å². The van der Waals surface area contributed by atoms with E-state index < -0.39 is 0 Å². The molecule has 0 aliphatic heterocycles. The van der Waals surface area contributed by atoms with Crippen LogP contribution >= 0.6 is 45.9 Å². The number of hydrogen-bond donors (Lipinski definition) is 2. The predicted octanol–water partition coefficient (Wildman–Crippen LogP) is 3.98. The fraction of sp³-hybridized carbons (Fsp3) is 0.200. The molecule has 2 heterocycles. The highest BCUT2D eigenvalue weighted by atomic mass is 35.5. The first-order chi connectivity index (χ1) is 7.63. The van der Waals surface area contributed by atoms with Crippen LogP contribution in [0.4, 0.5) is 0 Å². The van der Waals surface area contributed by atoms with Crippen molar-refractivity contribution in [2.75, 3.05) is 0 Å². The topological polar surface area (TPSA) is 38.0 Å². The minimum atomic E-state index is -0.0949. The second-order valence-corrected chi connectivity index (χ2v) is 6.72. The molecule has 0 bridgehead atoms. The summed E-state index contributed by atoms with van der Waals surface area (Å²) in [6.07, 6.45) is 0. The van der Waals surface area contributed by atoms with Crippen LogP contribution in [-0.4, -0.2) is 0 Å². The van der Waals surface area contributed by atoms with E-state index in [1.54, 1.807) is 11.3 Å². The maximum atomic E-state index is 6.13. The maximum Gasteiger partial charge on any atom is 0.0995 e. The molecule has 0 radical (unpaired) electrons. The molecule has 0 saturated heterocycles. The Hall–Kier alpha value is -0.100. The maximum absolute atomic E-state index is 6.13. The molecule has 2 nitrogen and oxygen atoms in total. The number of hydrazine groups is 1. The van der Waals surface area contributed by atoms with E-state index in [2.05, 4.69) is 12.3 Å². The first-order valence-corrected chi connectivity index (χ1v) is 7.03. The number of aryl methyl sites for hydroxylation is 1. The van der Waals surface area contributed by atoms with Crippen molar-refractivity contribution < 1.29 is 0 Å². The normalized spacial score (nSPS) is 13.0. The molecule has 2 aromatic rings. The Balaban J connectivity index is 2.44. The molecule has 2 rings (SSSR count). The Morgan fingerprint density at radius 1 is 1.38 bits per heavy atom. The number of halogens is 2. The molecule has 0 fully saturated rings. The summed E-state index contributed by atoms with van der Waals surface area (Å²) in [4.78, 5) is 1.22. The number of nitrogens with two attached hydrogens (primary N) is 1. The van der Waals surface area contributed by atoms with Crippen molar-refractivity contribution >= 4 is 45.9 Å². The van der Waals surface area contributed by atoms with Crippen molar-refractivity contribution in [2.24, 2.45) is 5.84 Å². The molecule has 16 heavy (non-hydrogen) atoms. The minimum absolute atomic E-state index is 0.0949. The fourth-order valence-corrected chi connectivity index (χ4v) is 3.86. The predicted molar refractivity (Wildman–Crippen MR) is 72.6 cm³/mol. The Bertz CT molecular complexity index is 493. The van der Waals surface area contributed by atoms with E-state index >= 15 is 0 Å². The zero-order valence-corrected chi connectivity index (χ0v) is 11.6. The van der Waals surface area contributed by atoms with Crippen LogP contribution in [0, 0.1) is 6.92 Å². The second kappa shape index (κ2) is 5.04. The molecule has 0 aliphatic carbocycles. The molecule has 1 unspecified atom stereocenters. The molecule has 0 amide bonds. The quantitative estimate of drug-likeness (QED) is 0.663. The van der Waals surface area contributed by atoms with Crippen molar-refractivity contribution in [1.29, 1.82) is 0 Å². The summed E-state index contributed by atoms with van der Waals surface area (Å²) in [5.74, 6) is 5.60. The first kappa shape index (κ1) is 12.4. The summed E-state index contributed by atoms with van der Waals surface area (Å²) < 4.78 is 1.35. The van der Waals surface area contributed by atoms with Crippen molar-refractivity contribution in [1.82, 2.24) is 5.43 Å². The average Bonchev–Trinajstić information content (AvgIpc) is 2.77. The third kappa shape index (κ3) is 2.27. The average molecular weight is 293 g/mol. The van der Waals surface area contributed by atoms with E-state index in [9.17, 15) is 0 Å². The van der Waals surface area contributed by atoms with Gasteiger partial charge in [0.05, 0.1) is 14.7 Å². The van der Waals surface area contributed by atoms with Crippen molar-refractivity contribution in [2.45, 2.75) is 13.0 Å². The number of rotatable bonds is 3. The zero-order valence-electron chi connectivity index (χ0n) is 8.46. The molecule has 1 atom stereocenters. The summed E-state index contributed by atoms with van der Waals surface area (Å²) >= 11 is 15.1. The molecule has 3 N–H and O–H groups in total. The monoisotopic (exact) mass is 292 g/mol. The second-order valence-electron chi connectivity index (χ2n) is 3.31. The third-order valence-corrected chi connectivity index (χ3v) is 4.75. The van der Waals surface area contributed by atoms with Crippen molar-refractivity contribution in [3.8, 4) is 0 Å². The lowest BCUT2D eigenvalue weighted by Gasteiger charge is -2.15. The summed E-state index contributed by atoms with van der Waals surface area (Å²) in [6, 6.07) is 3.81. The Labute approximate surface area is 112 Å². The molecule has 6 heteroatoms. The lowest BCUT2D eigenvalue weighted by molar-refractivity contribution is 0.638. The van der Waals surface area contributed by atoms with Gasteiger partial charge in [0.1, 0.15) is 0 Å². The first-order valence-electron chi connectivity index (χ1n) is 4.58. The van der Waals surface area contributed by atoms with E-state index in [1.165, 1.54) is 16.2 Å². The molecule has 0 aromatic carbocycles. The van der Waals surface area contributed by atoms with Gasteiger partial charge in [-0.15, -0.1) is 22.7 Å². The Kier molecular flexibility index (Phi) is 3.89. The van der Waals surface area contributed by atoms with Crippen LogP contribution in [0.5, 0.6) is 0 Å². The van der Waals surface area contributed by atoms with Crippen LogP contribution in [-0.2, 0) is 0 Å². The van der Waals surface area contributed by atoms with Crippen LogP contribution in [0.2, 0.25) is 8.67 Å². The lowest BCUT2D eigenvalue weighted by atomic mass is 10.0.